The quantitative estimate of drug-likeness (QED) is 0.738. The molecule has 0 fully saturated rings. The second-order valence-electron chi connectivity index (χ2n) is 4.54. The van der Waals surface area contributed by atoms with E-state index in [1.807, 2.05) is 24.3 Å². The molecule has 0 bridgehead atoms. The number of fused-ring (bicyclic) bond motifs is 1. The Labute approximate surface area is 121 Å². The van der Waals surface area contributed by atoms with Gasteiger partial charge in [0.1, 0.15) is 12.0 Å². The number of benzene rings is 2. The van der Waals surface area contributed by atoms with Gasteiger partial charge in [0.2, 0.25) is 5.43 Å². The van der Waals surface area contributed by atoms with Gasteiger partial charge in [-0.25, -0.2) is 0 Å². The summed E-state index contributed by atoms with van der Waals surface area (Å²) in [5.41, 5.74) is 1.68. The fourth-order valence-corrected chi connectivity index (χ4v) is 2.26. The van der Waals surface area contributed by atoms with Gasteiger partial charge in [-0.15, -0.1) is 0 Å². The second kappa shape index (κ2) is 5.32. The molecule has 4 heteroatoms. The topological polar surface area (TPSA) is 48.7 Å². The lowest BCUT2D eigenvalue weighted by Crippen LogP contribution is -2.05. The van der Waals surface area contributed by atoms with Gasteiger partial charge in [0, 0.05) is 0 Å². The van der Waals surface area contributed by atoms with Crippen molar-refractivity contribution >= 4 is 11.0 Å². The van der Waals surface area contributed by atoms with Crippen LogP contribution in [0.5, 0.6) is 11.5 Å². The predicted octanol–water partition coefficient (Wildman–Crippen LogP) is 3.48. The van der Waals surface area contributed by atoms with Crippen LogP contribution in [0.4, 0.5) is 0 Å². The minimum atomic E-state index is -0.0830. The molecular formula is C17H14O4. The SMILES string of the molecule is COc1ccc(-c2coc3c(OC)cccc3c2=O)cc1. The van der Waals surface area contributed by atoms with Gasteiger partial charge in [-0.1, -0.05) is 18.2 Å². The highest BCUT2D eigenvalue weighted by Gasteiger charge is 2.12. The zero-order chi connectivity index (χ0) is 14.8. The second-order valence-corrected chi connectivity index (χ2v) is 4.54. The molecule has 3 rings (SSSR count). The molecule has 0 amide bonds. The summed E-state index contributed by atoms with van der Waals surface area (Å²) >= 11 is 0. The maximum atomic E-state index is 12.6. The van der Waals surface area contributed by atoms with Crippen molar-refractivity contribution in [1.29, 1.82) is 0 Å². The Hall–Kier alpha value is -2.75. The fourth-order valence-electron chi connectivity index (χ4n) is 2.26. The van der Waals surface area contributed by atoms with Gasteiger partial charge in [-0.3, -0.25) is 4.79 Å². The van der Waals surface area contributed by atoms with E-state index in [0.29, 0.717) is 22.3 Å². The number of rotatable bonds is 3. The maximum Gasteiger partial charge on any atom is 0.200 e. The van der Waals surface area contributed by atoms with Crippen LogP contribution < -0.4 is 14.9 Å². The monoisotopic (exact) mass is 282 g/mol. The molecule has 106 valence electrons. The van der Waals surface area contributed by atoms with Crippen LogP contribution in [0.25, 0.3) is 22.1 Å². The summed E-state index contributed by atoms with van der Waals surface area (Å²) in [7, 11) is 3.15. The molecule has 0 saturated carbocycles. The van der Waals surface area contributed by atoms with Crippen LogP contribution in [0.3, 0.4) is 0 Å². The summed E-state index contributed by atoms with van der Waals surface area (Å²) in [6, 6.07) is 12.5. The summed E-state index contributed by atoms with van der Waals surface area (Å²) in [6.07, 6.45) is 1.47. The Bertz CT molecular complexity index is 832. The Kier molecular flexibility index (Phi) is 3.36. The molecule has 2 aromatic carbocycles. The smallest absolute Gasteiger partial charge is 0.200 e. The standard InChI is InChI=1S/C17H14O4/c1-19-12-8-6-11(7-9-12)14-10-21-17-13(16(14)18)4-3-5-15(17)20-2/h3-10H,1-2H3. The first-order chi connectivity index (χ1) is 10.2. The van der Waals surface area contributed by atoms with E-state index in [0.717, 1.165) is 11.3 Å². The molecule has 0 N–H and O–H groups in total. The molecule has 0 unspecified atom stereocenters. The van der Waals surface area contributed by atoms with E-state index >= 15 is 0 Å². The van der Waals surface area contributed by atoms with E-state index in [9.17, 15) is 4.79 Å². The number of ether oxygens (including phenoxy) is 2. The van der Waals surface area contributed by atoms with Gasteiger partial charge in [-0.05, 0) is 29.8 Å². The van der Waals surface area contributed by atoms with Gasteiger partial charge in [0.05, 0.1) is 25.2 Å². The van der Waals surface area contributed by atoms with E-state index in [1.54, 1.807) is 32.4 Å². The van der Waals surface area contributed by atoms with Crippen molar-refractivity contribution in [3.05, 3.63) is 59.0 Å². The average Bonchev–Trinajstić information content (AvgIpc) is 2.55. The Morgan fingerprint density at radius 3 is 2.38 bits per heavy atom. The first kappa shape index (κ1) is 13.2. The molecule has 0 radical (unpaired) electrons. The maximum absolute atomic E-state index is 12.6. The molecule has 3 aromatic rings. The van der Waals surface area contributed by atoms with Crippen LogP contribution in [-0.2, 0) is 0 Å². The third-order valence-electron chi connectivity index (χ3n) is 3.38. The van der Waals surface area contributed by atoms with Crippen molar-refractivity contribution in [2.75, 3.05) is 14.2 Å². The lowest BCUT2D eigenvalue weighted by Gasteiger charge is -2.06. The Balaban J connectivity index is 2.20. The molecule has 1 aromatic heterocycles. The van der Waals surface area contributed by atoms with Gasteiger partial charge >= 0.3 is 0 Å². The molecular weight excluding hydrogens is 268 g/mol. The van der Waals surface area contributed by atoms with E-state index in [4.69, 9.17) is 13.9 Å². The van der Waals surface area contributed by atoms with Crippen molar-refractivity contribution < 1.29 is 13.9 Å². The van der Waals surface area contributed by atoms with Gasteiger partial charge < -0.3 is 13.9 Å². The highest BCUT2D eigenvalue weighted by molar-refractivity contribution is 5.85. The zero-order valence-electron chi connectivity index (χ0n) is 11.8. The third kappa shape index (κ3) is 2.25. The molecule has 4 nitrogen and oxygen atoms in total. The third-order valence-corrected chi connectivity index (χ3v) is 3.38. The summed E-state index contributed by atoms with van der Waals surface area (Å²) in [6.45, 7) is 0. The summed E-state index contributed by atoms with van der Waals surface area (Å²) in [5.74, 6) is 1.29. The largest absolute Gasteiger partial charge is 0.497 e. The molecule has 0 saturated heterocycles. The van der Waals surface area contributed by atoms with Gasteiger partial charge in [0.15, 0.2) is 11.3 Å². The number of methoxy groups -OCH3 is 2. The van der Waals surface area contributed by atoms with Crippen LogP contribution >= 0.6 is 0 Å². The minimum Gasteiger partial charge on any atom is -0.497 e. The first-order valence-electron chi connectivity index (χ1n) is 6.47. The molecule has 0 aliphatic heterocycles. The molecule has 0 aliphatic rings. The molecule has 1 heterocycles. The lowest BCUT2D eigenvalue weighted by atomic mass is 10.1. The molecule has 0 aliphatic carbocycles. The molecule has 0 atom stereocenters. The normalized spacial score (nSPS) is 10.6. The van der Waals surface area contributed by atoms with Crippen LogP contribution in [0.1, 0.15) is 0 Å². The molecule has 21 heavy (non-hydrogen) atoms. The van der Waals surface area contributed by atoms with Gasteiger partial charge in [0.25, 0.3) is 0 Å². The number of hydrogen-bond donors (Lipinski definition) is 0. The van der Waals surface area contributed by atoms with Crippen molar-refractivity contribution in [2.45, 2.75) is 0 Å². The van der Waals surface area contributed by atoms with Crippen LogP contribution in [-0.4, -0.2) is 14.2 Å². The highest BCUT2D eigenvalue weighted by Crippen LogP contribution is 2.27. The fraction of sp³-hybridized carbons (Fsp3) is 0.118. The number of para-hydroxylation sites is 1. The van der Waals surface area contributed by atoms with Crippen molar-refractivity contribution in [1.82, 2.24) is 0 Å². The Morgan fingerprint density at radius 1 is 0.952 bits per heavy atom. The zero-order valence-corrected chi connectivity index (χ0v) is 11.8. The predicted molar refractivity (Wildman–Crippen MR) is 81.0 cm³/mol. The molecule has 0 spiro atoms. The lowest BCUT2D eigenvalue weighted by molar-refractivity contribution is 0.409. The van der Waals surface area contributed by atoms with E-state index in [1.165, 1.54) is 6.26 Å². The van der Waals surface area contributed by atoms with Crippen molar-refractivity contribution in [2.24, 2.45) is 0 Å². The summed E-state index contributed by atoms with van der Waals surface area (Å²) < 4.78 is 15.9. The van der Waals surface area contributed by atoms with E-state index in [2.05, 4.69) is 0 Å². The Morgan fingerprint density at radius 2 is 1.71 bits per heavy atom. The minimum absolute atomic E-state index is 0.0830. The average molecular weight is 282 g/mol. The van der Waals surface area contributed by atoms with Crippen molar-refractivity contribution in [3.8, 4) is 22.6 Å². The summed E-state index contributed by atoms with van der Waals surface area (Å²) in [4.78, 5) is 12.6. The van der Waals surface area contributed by atoms with Crippen LogP contribution in [0.15, 0.2) is 57.9 Å². The van der Waals surface area contributed by atoms with E-state index in [-0.39, 0.29) is 5.43 Å². The van der Waals surface area contributed by atoms with Crippen LogP contribution in [0.2, 0.25) is 0 Å². The summed E-state index contributed by atoms with van der Waals surface area (Å²) in [5, 5.41) is 0.502. The number of hydrogen-bond acceptors (Lipinski definition) is 4. The van der Waals surface area contributed by atoms with Crippen LogP contribution in [0, 0.1) is 0 Å². The van der Waals surface area contributed by atoms with Crippen molar-refractivity contribution in [3.63, 3.8) is 0 Å². The van der Waals surface area contributed by atoms with Gasteiger partial charge in [-0.2, -0.15) is 0 Å². The first-order valence-corrected chi connectivity index (χ1v) is 6.47. The van der Waals surface area contributed by atoms with E-state index < -0.39 is 0 Å². The highest BCUT2D eigenvalue weighted by atomic mass is 16.5.